The lowest BCUT2D eigenvalue weighted by Gasteiger charge is -2.19. The van der Waals surface area contributed by atoms with Crippen molar-refractivity contribution in [2.75, 3.05) is 6.61 Å². The monoisotopic (exact) mass is 285 g/mol. The Morgan fingerprint density at radius 1 is 1.35 bits per heavy atom. The zero-order valence-corrected chi connectivity index (χ0v) is 11.0. The van der Waals surface area contributed by atoms with Crippen LogP contribution in [-0.4, -0.2) is 23.7 Å². The largest absolute Gasteiger partial charge is 0.465 e. The minimum absolute atomic E-state index is 0.0634. The maximum atomic E-state index is 13.3. The van der Waals surface area contributed by atoms with Crippen LogP contribution in [0.25, 0.3) is 10.9 Å². The third kappa shape index (κ3) is 2.50. The lowest BCUT2D eigenvalue weighted by atomic mass is 9.95. The van der Waals surface area contributed by atoms with Crippen LogP contribution in [0.2, 0.25) is 0 Å². The van der Waals surface area contributed by atoms with E-state index in [0.717, 1.165) is 0 Å². The normalized spacial score (nSPS) is 13.4. The quantitative estimate of drug-likeness (QED) is 0.874. The minimum Gasteiger partial charge on any atom is -0.465 e. The molecular formula is C14H14F3NO2. The molecule has 0 amide bonds. The first kappa shape index (κ1) is 14.4. The molecule has 1 aromatic carbocycles. The van der Waals surface area contributed by atoms with Gasteiger partial charge in [-0.05, 0) is 19.9 Å². The smallest absolute Gasteiger partial charge is 0.406 e. The van der Waals surface area contributed by atoms with Crippen LogP contribution in [-0.2, 0) is 9.53 Å². The van der Waals surface area contributed by atoms with Gasteiger partial charge in [-0.3, -0.25) is 4.79 Å². The number of fused-ring (bicyclic) bond motifs is 1. The van der Waals surface area contributed by atoms with Crippen molar-refractivity contribution >= 4 is 16.9 Å². The zero-order valence-electron chi connectivity index (χ0n) is 11.0. The number of nitrogens with one attached hydrogen (secondary N) is 1. The van der Waals surface area contributed by atoms with E-state index in [4.69, 9.17) is 0 Å². The maximum Gasteiger partial charge on any atom is 0.406 e. The van der Waals surface area contributed by atoms with Gasteiger partial charge in [-0.1, -0.05) is 18.2 Å². The third-order valence-corrected chi connectivity index (χ3v) is 3.08. The highest BCUT2D eigenvalue weighted by Gasteiger charge is 2.48. The highest BCUT2D eigenvalue weighted by molar-refractivity contribution is 5.91. The van der Waals surface area contributed by atoms with Crippen LogP contribution < -0.4 is 0 Å². The molecule has 1 heterocycles. The van der Waals surface area contributed by atoms with Crippen molar-refractivity contribution in [2.45, 2.75) is 25.9 Å². The van der Waals surface area contributed by atoms with Crippen LogP contribution in [0.4, 0.5) is 13.2 Å². The molecule has 6 heteroatoms. The van der Waals surface area contributed by atoms with Crippen LogP contribution in [0.5, 0.6) is 0 Å². The number of rotatable bonds is 3. The fourth-order valence-corrected chi connectivity index (χ4v) is 2.31. The Balaban J connectivity index is 2.62. The summed E-state index contributed by atoms with van der Waals surface area (Å²) in [5.41, 5.74) is 0.826. The highest BCUT2D eigenvalue weighted by Crippen LogP contribution is 2.40. The number of H-pyrrole nitrogens is 1. The summed E-state index contributed by atoms with van der Waals surface area (Å²) in [4.78, 5) is 14.6. The molecule has 0 spiro atoms. The number of aryl methyl sites for hydroxylation is 1. The number of aromatic nitrogens is 1. The average Bonchev–Trinajstić information content (AvgIpc) is 2.65. The molecule has 1 aromatic heterocycles. The van der Waals surface area contributed by atoms with E-state index in [0.29, 0.717) is 16.6 Å². The Morgan fingerprint density at radius 3 is 2.60 bits per heavy atom. The molecule has 108 valence electrons. The number of aromatic amines is 1. The van der Waals surface area contributed by atoms with Crippen molar-refractivity contribution < 1.29 is 22.7 Å². The van der Waals surface area contributed by atoms with Gasteiger partial charge in [-0.25, -0.2) is 0 Å². The lowest BCUT2D eigenvalue weighted by molar-refractivity contribution is -0.180. The first-order valence-corrected chi connectivity index (χ1v) is 6.16. The van der Waals surface area contributed by atoms with Gasteiger partial charge in [-0.2, -0.15) is 13.2 Å². The molecule has 20 heavy (non-hydrogen) atoms. The Kier molecular flexibility index (Phi) is 3.74. The summed E-state index contributed by atoms with van der Waals surface area (Å²) in [5.74, 6) is -3.54. The Bertz CT molecular complexity index is 631. The van der Waals surface area contributed by atoms with Crippen molar-refractivity contribution in [2.24, 2.45) is 0 Å². The number of para-hydroxylation sites is 1. The number of carbonyl (C=O) groups excluding carboxylic acids is 1. The van der Waals surface area contributed by atoms with E-state index in [1.165, 1.54) is 13.8 Å². The van der Waals surface area contributed by atoms with E-state index in [9.17, 15) is 18.0 Å². The predicted molar refractivity (Wildman–Crippen MR) is 68.5 cm³/mol. The van der Waals surface area contributed by atoms with Crippen molar-refractivity contribution in [1.82, 2.24) is 4.98 Å². The first-order chi connectivity index (χ1) is 9.36. The summed E-state index contributed by atoms with van der Waals surface area (Å²) >= 11 is 0. The number of alkyl halides is 3. The van der Waals surface area contributed by atoms with Crippen LogP contribution in [0.3, 0.4) is 0 Å². The second kappa shape index (κ2) is 5.19. The summed E-state index contributed by atoms with van der Waals surface area (Å²) in [6, 6.07) is 6.59. The van der Waals surface area contributed by atoms with Crippen LogP contribution in [0.15, 0.2) is 24.3 Å². The number of ether oxygens (including phenoxy) is 1. The summed E-state index contributed by atoms with van der Waals surface area (Å²) in [6.45, 7) is 2.91. The van der Waals surface area contributed by atoms with E-state index >= 15 is 0 Å². The SMILES string of the molecule is CCOC(=O)[C@@H](c1c(C)[nH]c2ccccc12)C(F)(F)F. The number of halogens is 3. The van der Waals surface area contributed by atoms with Crippen LogP contribution in [0.1, 0.15) is 24.1 Å². The Morgan fingerprint density at radius 2 is 2.00 bits per heavy atom. The molecule has 3 nitrogen and oxygen atoms in total. The molecule has 0 radical (unpaired) electrons. The molecule has 2 aromatic rings. The van der Waals surface area contributed by atoms with Crippen LogP contribution in [0, 0.1) is 6.92 Å². The Labute approximate surface area is 113 Å². The average molecular weight is 285 g/mol. The van der Waals surface area contributed by atoms with Gasteiger partial charge in [0.05, 0.1) is 6.61 Å². The number of hydrogen-bond donors (Lipinski definition) is 1. The molecule has 1 atom stereocenters. The molecule has 2 rings (SSSR count). The summed E-state index contributed by atoms with van der Waals surface area (Å²) < 4.78 is 44.3. The third-order valence-electron chi connectivity index (χ3n) is 3.08. The van der Waals surface area contributed by atoms with Crippen molar-refractivity contribution in [3.63, 3.8) is 0 Å². The van der Waals surface area contributed by atoms with Crippen molar-refractivity contribution in [3.8, 4) is 0 Å². The van der Waals surface area contributed by atoms with E-state index in [1.807, 2.05) is 0 Å². The summed E-state index contributed by atoms with van der Waals surface area (Å²) in [7, 11) is 0. The van der Waals surface area contributed by atoms with Gasteiger partial charge in [0.2, 0.25) is 0 Å². The predicted octanol–water partition coefficient (Wildman–Crippen LogP) is 3.69. The van der Waals surface area contributed by atoms with Gasteiger partial charge < -0.3 is 9.72 Å². The molecule has 0 saturated heterocycles. The second-order valence-electron chi connectivity index (χ2n) is 4.44. The number of carbonyl (C=O) groups is 1. The highest BCUT2D eigenvalue weighted by atomic mass is 19.4. The molecule has 0 aliphatic rings. The molecule has 0 unspecified atom stereocenters. The van der Waals surface area contributed by atoms with E-state index in [1.54, 1.807) is 24.3 Å². The van der Waals surface area contributed by atoms with Gasteiger partial charge >= 0.3 is 12.1 Å². The van der Waals surface area contributed by atoms with Gasteiger partial charge in [-0.15, -0.1) is 0 Å². The fourth-order valence-electron chi connectivity index (χ4n) is 2.31. The molecule has 0 aliphatic carbocycles. The standard InChI is InChI=1S/C14H14F3NO2/c1-3-20-13(19)12(14(15,16)17)11-8(2)18-10-7-5-4-6-9(10)11/h4-7,12,18H,3H2,1-2H3/t12-/m1/s1. The minimum atomic E-state index is -4.69. The van der Waals surface area contributed by atoms with Gasteiger partial charge in [0.15, 0.2) is 5.92 Å². The second-order valence-corrected chi connectivity index (χ2v) is 4.44. The number of benzene rings is 1. The van der Waals surface area contributed by atoms with Crippen molar-refractivity contribution in [3.05, 3.63) is 35.5 Å². The van der Waals surface area contributed by atoms with E-state index < -0.39 is 18.1 Å². The molecular weight excluding hydrogens is 271 g/mol. The lowest BCUT2D eigenvalue weighted by Crippen LogP contribution is -2.30. The number of esters is 1. The molecule has 0 fully saturated rings. The number of hydrogen-bond acceptors (Lipinski definition) is 2. The molecule has 0 aliphatic heterocycles. The van der Waals surface area contributed by atoms with E-state index in [2.05, 4.69) is 9.72 Å². The van der Waals surface area contributed by atoms with Gasteiger partial charge in [0, 0.05) is 22.2 Å². The maximum absolute atomic E-state index is 13.3. The summed E-state index contributed by atoms with van der Waals surface area (Å²) in [5, 5.41) is 0.389. The zero-order chi connectivity index (χ0) is 14.9. The van der Waals surface area contributed by atoms with Crippen LogP contribution >= 0.6 is 0 Å². The van der Waals surface area contributed by atoms with Gasteiger partial charge in [0.1, 0.15) is 0 Å². The Hall–Kier alpha value is -1.98. The van der Waals surface area contributed by atoms with E-state index in [-0.39, 0.29) is 12.2 Å². The molecule has 0 bridgehead atoms. The molecule has 0 saturated carbocycles. The van der Waals surface area contributed by atoms with Crippen molar-refractivity contribution in [1.29, 1.82) is 0 Å². The summed E-state index contributed by atoms with van der Waals surface area (Å²) in [6.07, 6.45) is -4.69. The van der Waals surface area contributed by atoms with Gasteiger partial charge in [0.25, 0.3) is 0 Å². The first-order valence-electron chi connectivity index (χ1n) is 6.16. The topological polar surface area (TPSA) is 42.1 Å². The fraction of sp³-hybridized carbons (Fsp3) is 0.357. The molecule has 1 N–H and O–H groups in total.